The van der Waals surface area contributed by atoms with Gasteiger partial charge < -0.3 is 16.6 Å². The minimum absolute atomic E-state index is 0.00474. The van der Waals surface area contributed by atoms with Gasteiger partial charge >= 0.3 is 5.97 Å². The van der Waals surface area contributed by atoms with Crippen LogP contribution in [0, 0.1) is 0 Å². The van der Waals surface area contributed by atoms with Crippen molar-refractivity contribution in [1.29, 1.82) is 0 Å². The first-order valence-electron chi connectivity index (χ1n) is 6.18. The molecule has 1 atom stereocenters. The van der Waals surface area contributed by atoms with Crippen LogP contribution in [-0.2, 0) is 9.59 Å². The topological polar surface area (TPSA) is 144 Å². The average Bonchev–Trinajstić information content (AvgIpc) is 2.69. The second-order valence-electron chi connectivity index (χ2n) is 4.73. The number of carboxylic acids is 1. The van der Waals surface area contributed by atoms with Gasteiger partial charge in [0.05, 0.1) is 11.1 Å². The zero-order chi connectivity index (χ0) is 16.7. The van der Waals surface area contributed by atoms with Gasteiger partial charge in [-0.15, -0.1) is 0 Å². The first-order chi connectivity index (χ1) is 10.2. The Bertz CT molecular complexity index is 705. The molecule has 116 valence electrons. The minimum Gasteiger partial charge on any atom is -0.481 e. The number of alkyl halides is 1. The number of hydrogen-bond acceptors (Lipinski definition) is 5. The quantitative estimate of drug-likeness (QED) is 0.207. The molecule has 0 aliphatic carbocycles. The number of nitrogens with two attached hydrogens (primary N) is 2. The van der Waals surface area contributed by atoms with Gasteiger partial charge in [-0.25, -0.2) is 4.90 Å². The highest BCUT2D eigenvalue weighted by Crippen LogP contribution is 2.38. The molecular weight excluding hydrogens is 405 g/mol. The molecule has 22 heavy (non-hydrogen) atoms. The van der Waals surface area contributed by atoms with E-state index in [-0.39, 0.29) is 23.2 Å². The molecule has 5 N–H and O–H groups in total. The number of fused-ring (bicyclic) bond motifs is 1. The molecule has 3 amide bonds. The van der Waals surface area contributed by atoms with Gasteiger partial charge in [0.1, 0.15) is 0 Å². The lowest BCUT2D eigenvalue weighted by molar-refractivity contribution is -0.137. The molecule has 0 radical (unpaired) electrons. The van der Waals surface area contributed by atoms with E-state index in [9.17, 15) is 19.2 Å². The SMILES string of the molecule is NC(=O)C(I)(CCC(=O)O)N1C(=O)c2cccc(N)c2C1=O. The van der Waals surface area contributed by atoms with Crippen LogP contribution in [0.3, 0.4) is 0 Å². The van der Waals surface area contributed by atoms with E-state index in [1.165, 1.54) is 18.2 Å². The Morgan fingerprint density at radius 3 is 2.41 bits per heavy atom. The molecule has 0 fully saturated rings. The number of nitrogens with zero attached hydrogens (tertiary/aromatic N) is 1. The van der Waals surface area contributed by atoms with Crippen LogP contribution in [0.25, 0.3) is 0 Å². The van der Waals surface area contributed by atoms with Gasteiger partial charge in [0, 0.05) is 12.1 Å². The molecule has 1 aliphatic rings. The zero-order valence-electron chi connectivity index (χ0n) is 11.2. The van der Waals surface area contributed by atoms with Gasteiger partial charge in [-0.2, -0.15) is 0 Å². The number of amides is 3. The summed E-state index contributed by atoms with van der Waals surface area (Å²) in [5.74, 6) is -3.61. The summed E-state index contributed by atoms with van der Waals surface area (Å²) in [6.45, 7) is 0. The molecule has 1 aromatic carbocycles. The molecule has 1 aromatic rings. The van der Waals surface area contributed by atoms with Crippen molar-refractivity contribution in [1.82, 2.24) is 4.90 Å². The van der Waals surface area contributed by atoms with Gasteiger partial charge in [0.15, 0.2) is 3.55 Å². The zero-order valence-corrected chi connectivity index (χ0v) is 13.4. The van der Waals surface area contributed by atoms with Crippen LogP contribution in [0.15, 0.2) is 18.2 Å². The van der Waals surface area contributed by atoms with Crippen LogP contribution in [0.5, 0.6) is 0 Å². The third kappa shape index (κ3) is 2.40. The monoisotopic (exact) mass is 417 g/mol. The minimum atomic E-state index is -1.77. The molecule has 0 spiro atoms. The molecule has 1 unspecified atom stereocenters. The standard InChI is InChI=1S/C13H12IN3O5/c14-13(12(16)22,5-4-8(18)19)17-10(20)6-2-1-3-7(15)9(6)11(17)21/h1-3H,4-5,15H2,(H2,16,22)(H,18,19). The van der Waals surface area contributed by atoms with Crippen LogP contribution in [0.1, 0.15) is 33.6 Å². The summed E-state index contributed by atoms with van der Waals surface area (Å²) in [6.07, 6.45) is -0.710. The number of nitrogen functional groups attached to an aromatic ring is 1. The number of imide groups is 1. The number of halogens is 1. The molecule has 0 bridgehead atoms. The van der Waals surface area contributed by atoms with Crippen molar-refractivity contribution >= 4 is 52.0 Å². The van der Waals surface area contributed by atoms with Crippen LogP contribution >= 0.6 is 22.6 Å². The molecule has 0 saturated heterocycles. The van der Waals surface area contributed by atoms with E-state index < -0.39 is 33.7 Å². The largest absolute Gasteiger partial charge is 0.481 e. The Morgan fingerprint density at radius 1 is 1.27 bits per heavy atom. The van der Waals surface area contributed by atoms with Crippen LogP contribution in [0.4, 0.5) is 5.69 Å². The lowest BCUT2D eigenvalue weighted by Gasteiger charge is -2.32. The number of carbonyl (C=O) groups is 4. The highest BCUT2D eigenvalue weighted by atomic mass is 127. The van der Waals surface area contributed by atoms with Gasteiger partial charge in [-0.05, 0) is 41.1 Å². The van der Waals surface area contributed by atoms with Crippen molar-refractivity contribution in [2.24, 2.45) is 5.73 Å². The van der Waals surface area contributed by atoms with Crippen molar-refractivity contribution in [3.05, 3.63) is 29.3 Å². The van der Waals surface area contributed by atoms with Gasteiger partial charge in [-0.3, -0.25) is 19.2 Å². The van der Waals surface area contributed by atoms with Gasteiger partial charge in [0.2, 0.25) is 0 Å². The van der Waals surface area contributed by atoms with E-state index in [2.05, 4.69) is 0 Å². The second kappa shape index (κ2) is 5.55. The van der Waals surface area contributed by atoms with Crippen LogP contribution in [-0.4, -0.2) is 37.2 Å². The first kappa shape index (κ1) is 16.2. The molecule has 1 aliphatic heterocycles. The molecule has 1 heterocycles. The lowest BCUT2D eigenvalue weighted by atomic mass is 10.1. The number of carbonyl (C=O) groups excluding carboxylic acids is 3. The van der Waals surface area contributed by atoms with Crippen molar-refractivity contribution in [3.63, 3.8) is 0 Å². The summed E-state index contributed by atoms with van der Waals surface area (Å²) in [5, 5.41) is 8.79. The van der Waals surface area contributed by atoms with Crippen LogP contribution < -0.4 is 11.5 Å². The number of aliphatic carboxylic acids is 1. The van der Waals surface area contributed by atoms with Crippen molar-refractivity contribution in [2.45, 2.75) is 16.4 Å². The fourth-order valence-electron chi connectivity index (χ4n) is 2.25. The maximum atomic E-state index is 12.5. The summed E-state index contributed by atoms with van der Waals surface area (Å²) in [7, 11) is 0. The summed E-state index contributed by atoms with van der Waals surface area (Å²) >= 11 is 1.55. The Morgan fingerprint density at radius 2 is 1.91 bits per heavy atom. The van der Waals surface area contributed by atoms with E-state index >= 15 is 0 Å². The van der Waals surface area contributed by atoms with E-state index in [1.807, 2.05) is 0 Å². The summed E-state index contributed by atoms with van der Waals surface area (Å²) in [6, 6.07) is 4.39. The number of anilines is 1. The Balaban J connectivity index is 2.50. The summed E-state index contributed by atoms with van der Waals surface area (Å²) < 4.78 is -1.77. The maximum absolute atomic E-state index is 12.5. The Hall–Kier alpha value is -2.17. The molecule has 0 saturated carbocycles. The fourth-order valence-corrected chi connectivity index (χ4v) is 2.96. The van der Waals surface area contributed by atoms with Crippen molar-refractivity contribution < 1.29 is 24.3 Å². The lowest BCUT2D eigenvalue weighted by Crippen LogP contribution is -2.55. The van der Waals surface area contributed by atoms with E-state index in [0.717, 1.165) is 0 Å². The number of rotatable bonds is 5. The Labute approximate surface area is 138 Å². The third-order valence-electron chi connectivity index (χ3n) is 3.35. The maximum Gasteiger partial charge on any atom is 0.303 e. The number of hydrogen-bond donors (Lipinski definition) is 3. The van der Waals surface area contributed by atoms with E-state index in [4.69, 9.17) is 16.6 Å². The van der Waals surface area contributed by atoms with Gasteiger partial charge in [0.25, 0.3) is 17.7 Å². The number of primary amides is 1. The van der Waals surface area contributed by atoms with E-state index in [1.54, 1.807) is 22.6 Å². The predicted molar refractivity (Wildman–Crippen MR) is 84.2 cm³/mol. The Kier molecular flexibility index (Phi) is 4.09. The molecule has 0 aromatic heterocycles. The predicted octanol–water partition coefficient (Wildman–Crippen LogP) is 0.346. The molecule has 8 nitrogen and oxygen atoms in total. The molecular formula is C13H12IN3O5. The molecule has 2 rings (SSSR count). The fraction of sp³-hybridized carbons (Fsp3) is 0.231. The smallest absolute Gasteiger partial charge is 0.303 e. The normalized spacial score (nSPS) is 16.3. The highest BCUT2D eigenvalue weighted by Gasteiger charge is 2.51. The van der Waals surface area contributed by atoms with Crippen molar-refractivity contribution in [3.8, 4) is 0 Å². The number of benzene rings is 1. The average molecular weight is 417 g/mol. The third-order valence-corrected chi connectivity index (χ3v) is 4.90. The number of carboxylic acid groups (broad SMARTS) is 1. The highest BCUT2D eigenvalue weighted by molar-refractivity contribution is 14.1. The van der Waals surface area contributed by atoms with Crippen molar-refractivity contribution in [2.75, 3.05) is 5.73 Å². The van der Waals surface area contributed by atoms with Gasteiger partial charge in [-0.1, -0.05) is 6.07 Å². The van der Waals surface area contributed by atoms with E-state index in [0.29, 0.717) is 4.90 Å². The molecule has 9 heteroatoms. The summed E-state index contributed by atoms with van der Waals surface area (Å²) in [5.41, 5.74) is 11.2. The van der Waals surface area contributed by atoms with Crippen LogP contribution in [0.2, 0.25) is 0 Å². The summed E-state index contributed by atoms with van der Waals surface area (Å²) in [4.78, 5) is 48.2. The first-order valence-corrected chi connectivity index (χ1v) is 7.26. The second-order valence-corrected chi connectivity index (χ2v) is 6.52.